The molecule has 15 heavy (non-hydrogen) atoms. The van der Waals surface area contributed by atoms with Crippen molar-refractivity contribution in [1.82, 2.24) is 0 Å². The molecule has 0 radical (unpaired) electrons. The summed E-state index contributed by atoms with van der Waals surface area (Å²) in [6, 6.07) is 8.58. The van der Waals surface area contributed by atoms with Crippen molar-refractivity contribution >= 4 is 5.69 Å². The summed E-state index contributed by atoms with van der Waals surface area (Å²) in [7, 11) is 0. The predicted molar refractivity (Wildman–Crippen MR) is 65.3 cm³/mol. The number of nitrogens with zero attached hydrogens (tertiary/aromatic N) is 1. The molecule has 1 N–H and O–H groups in total. The smallest absolute Gasteiger partial charge is 0.0712 e. The van der Waals surface area contributed by atoms with Crippen molar-refractivity contribution in [3.05, 3.63) is 29.8 Å². The van der Waals surface area contributed by atoms with E-state index in [1.54, 1.807) is 0 Å². The molecule has 0 aromatic heterocycles. The van der Waals surface area contributed by atoms with Crippen LogP contribution in [-0.2, 0) is 0 Å². The lowest BCUT2D eigenvalue weighted by Gasteiger charge is -2.32. The van der Waals surface area contributed by atoms with Crippen molar-refractivity contribution in [2.45, 2.75) is 39.8 Å². The SMILES string of the molecule is CCN(c1ccc(C)cc1)C(C)C(C)O. The molecule has 0 bridgehead atoms. The molecule has 2 unspecified atom stereocenters. The lowest BCUT2D eigenvalue weighted by molar-refractivity contribution is 0.166. The maximum Gasteiger partial charge on any atom is 0.0712 e. The largest absolute Gasteiger partial charge is 0.391 e. The Morgan fingerprint density at radius 3 is 2.13 bits per heavy atom. The van der Waals surface area contributed by atoms with Crippen molar-refractivity contribution < 1.29 is 5.11 Å². The molecule has 0 saturated heterocycles. The maximum absolute atomic E-state index is 9.60. The minimum atomic E-state index is -0.314. The van der Waals surface area contributed by atoms with Crippen molar-refractivity contribution in [2.24, 2.45) is 0 Å². The summed E-state index contributed by atoms with van der Waals surface area (Å²) in [6.45, 7) is 8.99. The van der Waals surface area contributed by atoms with E-state index in [1.165, 1.54) is 11.3 Å². The molecule has 0 amide bonds. The Morgan fingerprint density at radius 2 is 1.73 bits per heavy atom. The predicted octanol–water partition coefficient (Wildman–Crippen LogP) is 2.59. The first-order chi connectivity index (χ1) is 7.06. The molecule has 0 aliphatic heterocycles. The summed E-state index contributed by atoms with van der Waals surface area (Å²) in [6.07, 6.45) is -0.314. The molecule has 0 aliphatic rings. The van der Waals surface area contributed by atoms with Gasteiger partial charge in [-0.15, -0.1) is 0 Å². The van der Waals surface area contributed by atoms with Gasteiger partial charge in [0.05, 0.1) is 12.1 Å². The van der Waals surface area contributed by atoms with Gasteiger partial charge in [0.1, 0.15) is 0 Å². The van der Waals surface area contributed by atoms with E-state index in [1.807, 2.05) is 13.8 Å². The molecule has 1 aromatic rings. The quantitative estimate of drug-likeness (QED) is 0.820. The lowest BCUT2D eigenvalue weighted by atomic mass is 10.1. The normalized spacial score (nSPS) is 14.7. The molecule has 0 spiro atoms. The first kappa shape index (κ1) is 12.1. The Hall–Kier alpha value is -1.02. The molecule has 0 saturated carbocycles. The first-order valence-corrected chi connectivity index (χ1v) is 5.57. The summed E-state index contributed by atoms with van der Waals surface area (Å²) in [5, 5.41) is 9.60. The minimum absolute atomic E-state index is 0.151. The number of benzene rings is 1. The number of hydrogen-bond donors (Lipinski definition) is 1. The zero-order valence-electron chi connectivity index (χ0n) is 10.1. The number of aliphatic hydroxyl groups excluding tert-OH is 1. The van der Waals surface area contributed by atoms with Gasteiger partial charge in [-0.25, -0.2) is 0 Å². The van der Waals surface area contributed by atoms with Crippen LogP contribution in [0, 0.1) is 6.92 Å². The highest BCUT2D eigenvalue weighted by molar-refractivity contribution is 5.48. The zero-order valence-corrected chi connectivity index (χ0v) is 10.1. The Labute approximate surface area is 92.5 Å². The van der Waals surface area contributed by atoms with Crippen LogP contribution in [-0.4, -0.2) is 23.8 Å². The lowest BCUT2D eigenvalue weighted by Crippen LogP contribution is -2.40. The number of anilines is 1. The number of hydrogen-bond acceptors (Lipinski definition) is 2. The van der Waals surface area contributed by atoms with E-state index in [9.17, 15) is 5.11 Å². The van der Waals surface area contributed by atoms with Gasteiger partial charge in [-0.1, -0.05) is 17.7 Å². The summed E-state index contributed by atoms with van der Waals surface area (Å²) in [4.78, 5) is 2.21. The fourth-order valence-corrected chi connectivity index (χ4v) is 1.70. The van der Waals surface area contributed by atoms with Crippen LogP contribution in [0.3, 0.4) is 0 Å². The average Bonchev–Trinajstić information content (AvgIpc) is 2.21. The highest BCUT2D eigenvalue weighted by Crippen LogP contribution is 2.18. The molecule has 0 fully saturated rings. The number of aryl methyl sites for hydroxylation is 1. The molecule has 1 aromatic carbocycles. The van der Waals surface area contributed by atoms with Crippen LogP contribution < -0.4 is 4.90 Å². The van der Waals surface area contributed by atoms with Gasteiger partial charge in [-0.3, -0.25) is 0 Å². The minimum Gasteiger partial charge on any atom is -0.391 e. The van der Waals surface area contributed by atoms with Gasteiger partial charge in [-0.05, 0) is 39.8 Å². The molecule has 2 heteroatoms. The summed E-state index contributed by atoms with van der Waals surface area (Å²) in [5.74, 6) is 0. The highest BCUT2D eigenvalue weighted by atomic mass is 16.3. The first-order valence-electron chi connectivity index (χ1n) is 5.57. The van der Waals surface area contributed by atoms with Crippen LogP contribution in [0.25, 0.3) is 0 Å². The Balaban J connectivity index is 2.87. The molecule has 0 aliphatic carbocycles. The van der Waals surface area contributed by atoms with Gasteiger partial charge in [0.15, 0.2) is 0 Å². The van der Waals surface area contributed by atoms with Crippen LogP contribution in [0.5, 0.6) is 0 Å². The van der Waals surface area contributed by atoms with Crippen molar-refractivity contribution in [3.8, 4) is 0 Å². The van der Waals surface area contributed by atoms with E-state index in [2.05, 4.69) is 43.0 Å². The molecule has 1 rings (SSSR count). The third-order valence-corrected chi connectivity index (χ3v) is 2.90. The van der Waals surface area contributed by atoms with Gasteiger partial charge in [0, 0.05) is 12.2 Å². The summed E-state index contributed by atoms with van der Waals surface area (Å²) < 4.78 is 0. The van der Waals surface area contributed by atoms with E-state index in [4.69, 9.17) is 0 Å². The van der Waals surface area contributed by atoms with Crippen LogP contribution in [0.15, 0.2) is 24.3 Å². The van der Waals surface area contributed by atoms with E-state index in [-0.39, 0.29) is 12.1 Å². The van der Waals surface area contributed by atoms with Gasteiger partial charge < -0.3 is 10.0 Å². The van der Waals surface area contributed by atoms with Crippen LogP contribution in [0.4, 0.5) is 5.69 Å². The standard InChI is InChI=1S/C13H21NO/c1-5-14(11(3)12(4)15)13-8-6-10(2)7-9-13/h6-9,11-12,15H,5H2,1-4H3. The van der Waals surface area contributed by atoms with Gasteiger partial charge in [0.2, 0.25) is 0 Å². The number of rotatable bonds is 4. The second-order valence-electron chi connectivity index (χ2n) is 4.10. The van der Waals surface area contributed by atoms with Gasteiger partial charge in [0.25, 0.3) is 0 Å². The van der Waals surface area contributed by atoms with Crippen molar-refractivity contribution in [1.29, 1.82) is 0 Å². The average molecular weight is 207 g/mol. The molecule has 2 atom stereocenters. The summed E-state index contributed by atoms with van der Waals surface area (Å²) in [5.41, 5.74) is 2.44. The molecule has 84 valence electrons. The highest BCUT2D eigenvalue weighted by Gasteiger charge is 2.16. The second kappa shape index (κ2) is 5.17. The fourth-order valence-electron chi connectivity index (χ4n) is 1.70. The van der Waals surface area contributed by atoms with Crippen molar-refractivity contribution in [2.75, 3.05) is 11.4 Å². The molecule has 0 heterocycles. The Morgan fingerprint density at radius 1 is 1.20 bits per heavy atom. The number of aliphatic hydroxyl groups is 1. The zero-order chi connectivity index (χ0) is 11.4. The third-order valence-electron chi connectivity index (χ3n) is 2.90. The van der Waals surface area contributed by atoms with Crippen LogP contribution >= 0.6 is 0 Å². The fraction of sp³-hybridized carbons (Fsp3) is 0.538. The summed E-state index contributed by atoms with van der Waals surface area (Å²) >= 11 is 0. The Bertz CT molecular complexity index is 292. The van der Waals surface area contributed by atoms with E-state index >= 15 is 0 Å². The monoisotopic (exact) mass is 207 g/mol. The Kier molecular flexibility index (Phi) is 4.15. The second-order valence-corrected chi connectivity index (χ2v) is 4.10. The number of likely N-dealkylation sites (N-methyl/N-ethyl adjacent to an activating group) is 1. The topological polar surface area (TPSA) is 23.5 Å². The molecule has 2 nitrogen and oxygen atoms in total. The van der Waals surface area contributed by atoms with Crippen molar-refractivity contribution in [3.63, 3.8) is 0 Å². The van der Waals surface area contributed by atoms with Crippen LogP contribution in [0.1, 0.15) is 26.3 Å². The maximum atomic E-state index is 9.60. The third kappa shape index (κ3) is 2.96. The van der Waals surface area contributed by atoms with Gasteiger partial charge >= 0.3 is 0 Å². The molecular formula is C13H21NO. The van der Waals surface area contributed by atoms with E-state index < -0.39 is 0 Å². The van der Waals surface area contributed by atoms with Crippen LogP contribution in [0.2, 0.25) is 0 Å². The molecular weight excluding hydrogens is 186 g/mol. The van der Waals surface area contributed by atoms with Gasteiger partial charge in [-0.2, -0.15) is 0 Å². The van der Waals surface area contributed by atoms with E-state index in [0.29, 0.717) is 0 Å². The van der Waals surface area contributed by atoms with E-state index in [0.717, 1.165) is 6.54 Å².